The molecule has 0 spiro atoms. The number of nitrogens with zero attached hydrogens (tertiary/aromatic N) is 4. The lowest BCUT2D eigenvalue weighted by Gasteiger charge is -2.27. The van der Waals surface area contributed by atoms with Gasteiger partial charge in [-0.15, -0.1) is 0 Å². The lowest BCUT2D eigenvalue weighted by molar-refractivity contribution is -0.140. The average molecular weight is 550 g/mol. The molecule has 214 valence electrons. The molecule has 40 heavy (non-hydrogen) atoms. The molecule has 3 N–H and O–H groups in total. The fourth-order valence-corrected chi connectivity index (χ4v) is 4.77. The number of allylic oxidation sites excluding steroid dienone is 1. The van der Waals surface area contributed by atoms with E-state index < -0.39 is 6.04 Å². The number of aliphatic imine (C=N–C) groups is 1. The fraction of sp³-hybridized carbons (Fsp3) is 0.483. The summed E-state index contributed by atoms with van der Waals surface area (Å²) in [4.78, 5) is 46.1. The highest BCUT2D eigenvalue weighted by Gasteiger charge is 2.30. The van der Waals surface area contributed by atoms with Crippen LogP contribution < -0.4 is 16.0 Å². The van der Waals surface area contributed by atoms with Crippen LogP contribution in [-0.2, 0) is 19.1 Å². The van der Waals surface area contributed by atoms with Gasteiger partial charge in [-0.1, -0.05) is 30.8 Å². The number of ether oxygens (including phenoxy) is 1. The van der Waals surface area contributed by atoms with Crippen LogP contribution in [0.15, 0.2) is 41.5 Å². The number of amides is 3. The number of rotatable bonds is 10. The maximum atomic E-state index is 13.2. The summed E-state index contributed by atoms with van der Waals surface area (Å²) in [6.07, 6.45) is 7.88. The zero-order valence-corrected chi connectivity index (χ0v) is 23.4. The first-order chi connectivity index (χ1) is 19.3. The molecule has 2 aliphatic heterocycles. The van der Waals surface area contributed by atoms with Crippen LogP contribution in [0.2, 0.25) is 0 Å². The number of nitriles is 1. The van der Waals surface area contributed by atoms with Crippen molar-refractivity contribution in [3.8, 4) is 6.19 Å². The topological polar surface area (TPSA) is 139 Å². The van der Waals surface area contributed by atoms with E-state index in [4.69, 9.17) is 4.74 Å². The number of carbonyl (C=O) groups is 3. The van der Waals surface area contributed by atoms with Gasteiger partial charge in [0, 0.05) is 37.3 Å². The largest absolute Gasteiger partial charge is 0.497 e. The van der Waals surface area contributed by atoms with Crippen molar-refractivity contribution >= 4 is 35.5 Å². The van der Waals surface area contributed by atoms with Crippen LogP contribution in [0.3, 0.4) is 0 Å². The number of hydrogen-bond donors (Lipinski definition) is 3. The quantitative estimate of drug-likeness (QED) is 0.134. The smallest absolute Gasteiger partial charge is 0.245 e. The predicted molar refractivity (Wildman–Crippen MR) is 153 cm³/mol. The first-order valence-electron chi connectivity index (χ1n) is 13.7. The molecule has 2 aliphatic rings. The molecule has 2 heterocycles. The first-order valence-corrected chi connectivity index (χ1v) is 13.7. The maximum Gasteiger partial charge on any atom is 0.245 e. The van der Waals surface area contributed by atoms with E-state index in [-0.39, 0.29) is 43.2 Å². The Morgan fingerprint density at radius 3 is 2.65 bits per heavy atom. The highest BCUT2D eigenvalue weighted by atomic mass is 16.5. The summed E-state index contributed by atoms with van der Waals surface area (Å²) >= 11 is 0. The molecular formula is C29H39N7O4. The van der Waals surface area contributed by atoms with Crippen molar-refractivity contribution in [2.75, 3.05) is 39.8 Å². The van der Waals surface area contributed by atoms with E-state index in [0.29, 0.717) is 24.4 Å². The van der Waals surface area contributed by atoms with Gasteiger partial charge in [0.05, 0.1) is 20.2 Å². The van der Waals surface area contributed by atoms with Crippen molar-refractivity contribution in [2.45, 2.75) is 51.5 Å². The second kappa shape index (κ2) is 15.3. The van der Waals surface area contributed by atoms with Crippen LogP contribution in [0.25, 0.3) is 11.8 Å². The zero-order chi connectivity index (χ0) is 28.9. The van der Waals surface area contributed by atoms with Gasteiger partial charge in [-0.3, -0.25) is 24.7 Å². The van der Waals surface area contributed by atoms with E-state index in [1.165, 1.54) is 0 Å². The van der Waals surface area contributed by atoms with Gasteiger partial charge in [-0.2, -0.15) is 5.26 Å². The van der Waals surface area contributed by atoms with Gasteiger partial charge in [-0.25, -0.2) is 0 Å². The van der Waals surface area contributed by atoms with Crippen molar-refractivity contribution in [2.24, 2.45) is 4.99 Å². The van der Waals surface area contributed by atoms with Crippen LogP contribution in [-0.4, -0.2) is 79.4 Å². The van der Waals surface area contributed by atoms with Gasteiger partial charge in [0.1, 0.15) is 11.8 Å². The maximum absolute atomic E-state index is 13.2. The minimum Gasteiger partial charge on any atom is -0.497 e. The van der Waals surface area contributed by atoms with E-state index in [1.807, 2.05) is 41.4 Å². The van der Waals surface area contributed by atoms with Gasteiger partial charge in [0.15, 0.2) is 6.19 Å². The Balaban J connectivity index is 1.56. The third kappa shape index (κ3) is 8.86. The van der Waals surface area contributed by atoms with Crippen molar-refractivity contribution < 1.29 is 19.1 Å². The van der Waals surface area contributed by atoms with E-state index in [0.717, 1.165) is 49.9 Å². The summed E-state index contributed by atoms with van der Waals surface area (Å²) in [5.41, 5.74) is 2.33. The monoisotopic (exact) mass is 549 g/mol. The summed E-state index contributed by atoms with van der Waals surface area (Å²) in [6.45, 7) is 7.85. The normalized spacial score (nSPS) is 18.0. The molecule has 1 atom stereocenters. The number of benzene rings is 1. The Morgan fingerprint density at radius 1 is 1.20 bits per heavy atom. The van der Waals surface area contributed by atoms with Gasteiger partial charge in [-0.05, 0) is 50.7 Å². The zero-order valence-electron chi connectivity index (χ0n) is 23.4. The van der Waals surface area contributed by atoms with Crippen LogP contribution in [0, 0.1) is 11.5 Å². The van der Waals surface area contributed by atoms with Gasteiger partial charge in [0.2, 0.25) is 23.7 Å². The number of hydrogen-bond acceptors (Lipinski definition) is 6. The molecule has 0 radical (unpaired) electrons. The highest BCUT2D eigenvalue weighted by Crippen LogP contribution is 2.20. The molecular weight excluding hydrogens is 510 g/mol. The number of methoxy groups -OCH3 is 1. The fourth-order valence-electron chi connectivity index (χ4n) is 4.77. The molecule has 0 aliphatic carbocycles. The van der Waals surface area contributed by atoms with Crippen LogP contribution in [0.4, 0.5) is 0 Å². The van der Waals surface area contributed by atoms with Gasteiger partial charge < -0.3 is 25.2 Å². The Bertz CT molecular complexity index is 1180. The molecule has 1 unspecified atom stereocenters. The highest BCUT2D eigenvalue weighted by molar-refractivity contribution is 5.92. The van der Waals surface area contributed by atoms with E-state index in [2.05, 4.69) is 27.5 Å². The van der Waals surface area contributed by atoms with Crippen molar-refractivity contribution in [1.82, 2.24) is 25.8 Å². The van der Waals surface area contributed by atoms with Crippen molar-refractivity contribution in [1.29, 1.82) is 5.26 Å². The lowest BCUT2D eigenvalue weighted by atomic mass is 10.1. The van der Waals surface area contributed by atoms with Gasteiger partial charge >= 0.3 is 0 Å². The van der Waals surface area contributed by atoms with Crippen molar-refractivity contribution in [3.05, 3.63) is 47.7 Å². The molecule has 11 heteroatoms. The third-order valence-corrected chi connectivity index (χ3v) is 6.88. The van der Waals surface area contributed by atoms with Crippen LogP contribution in [0.1, 0.15) is 56.6 Å². The minimum atomic E-state index is -0.616. The SMILES string of the molecule is C=C(OC)c1ccccc1/C=C(\C)NC(=O)CCN=C(NC#N)NC1CCCCN(CC(=O)N2CCCC2)C1=O. The molecule has 2 fully saturated rings. The predicted octanol–water partition coefficient (Wildman–Crippen LogP) is 2.19. The summed E-state index contributed by atoms with van der Waals surface area (Å²) in [5.74, 6) is 0.193. The van der Waals surface area contributed by atoms with Gasteiger partial charge in [0.25, 0.3) is 0 Å². The number of guanidine groups is 1. The molecule has 1 aromatic rings. The minimum absolute atomic E-state index is 0.0296. The van der Waals surface area contributed by atoms with Crippen molar-refractivity contribution in [3.63, 3.8) is 0 Å². The molecule has 3 rings (SSSR count). The summed E-state index contributed by atoms with van der Waals surface area (Å²) < 4.78 is 5.25. The number of nitrogens with one attached hydrogen (secondary N) is 3. The molecule has 0 bridgehead atoms. The van der Waals surface area contributed by atoms with Crippen LogP contribution in [0.5, 0.6) is 0 Å². The summed E-state index contributed by atoms with van der Waals surface area (Å²) in [7, 11) is 1.56. The standard InChI is InChI=1S/C29H39N7O4/c1-21(18-23-10-4-5-11-24(23)22(2)40-3)33-26(37)13-14-31-29(32-20-30)34-25-12-6-7-17-36(28(25)39)19-27(38)35-15-8-9-16-35/h4-5,10-11,18,25H,2,6-9,12-17,19H2,1,3H3,(H,33,37)(H2,31,32,34)/b21-18+. The van der Waals surface area contributed by atoms with E-state index in [1.54, 1.807) is 18.9 Å². The Morgan fingerprint density at radius 2 is 1.93 bits per heavy atom. The Hall–Kier alpha value is -4.33. The second-order valence-corrected chi connectivity index (χ2v) is 9.85. The van der Waals surface area contributed by atoms with E-state index in [9.17, 15) is 19.6 Å². The first kappa shape index (κ1) is 30.2. The molecule has 2 saturated heterocycles. The summed E-state index contributed by atoms with van der Waals surface area (Å²) in [5, 5.41) is 17.5. The molecule has 11 nitrogen and oxygen atoms in total. The van der Waals surface area contributed by atoms with Crippen LogP contribution >= 0.6 is 0 Å². The Labute approximate surface area is 235 Å². The molecule has 0 aromatic heterocycles. The molecule has 1 aromatic carbocycles. The number of carbonyl (C=O) groups excluding carboxylic acids is 3. The Kier molecular flexibility index (Phi) is 11.6. The summed E-state index contributed by atoms with van der Waals surface area (Å²) in [6, 6.07) is 6.96. The van der Waals surface area contributed by atoms with E-state index >= 15 is 0 Å². The lowest BCUT2D eigenvalue weighted by Crippen LogP contribution is -2.52. The number of likely N-dealkylation sites (tertiary alicyclic amines) is 2. The molecule has 3 amide bonds. The second-order valence-electron chi connectivity index (χ2n) is 9.85. The molecule has 0 saturated carbocycles. The average Bonchev–Trinajstić information content (AvgIpc) is 3.43. The third-order valence-electron chi connectivity index (χ3n) is 6.88.